The molecule has 2 unspecified atom stereocenters. The minimum absolute atomic E-state index is 0. The highest BCUT2D eigenvalue weighted by molar-refractivity contribution is 5.77. The summed E-state index contributed by atoms with van der Waals surface area (Å²) in [6.45, 7) is 4.54. The maximum atomic E-state index is 11.4. The van der Waals surface area contributed by atoms with Gasteiger partial charge < -0.3 is 10.2 Å². The van der Waals surface area contributed by atoms with Gasteiger partial charge in [-0.15, -0.1) is 0 Å². The summed E-state index contributed by atoms with van der Waals surface area (Å²) in [5, 5.41) is 0. The molecular weight excluding hydrogens is 235 g/mol. The molecule has 0 aromatic heterocycles. The van der Waals surface area contributed by atoms with E-state index < -0.39 is 0 Å². The van der Waals surface area contributed by atoms with Crippen LogP contribution in [0.15, 0.2) is 30.3 Å². The van der Waals surface area contributed by atoms with E-state index in [0.717, 1.165) is 24.0 Å². The standard InChI is InChI=1S/C15H20N2O.B/c16-15(18)14-11-17(9-7-13(14)10-17)8-6-12-4-2-1-3-5-12;/h1-5,13-14H,6-11H2,(H-,16,18);/p+1/t13?,14?,17-;/m0./s1. The fraction of sp³-hybridized carbons (Fsp3) is 0.533. The minimum atomic E-state index is -0.0839. The van der Waals surface area contributed by atoms with Crippen LogP contribution in [0.3, 0.4) is 0 Å². The Morgan fingerprint density at radius 2 is 2.00 bits per heavy atom. The third-order valence-corrected chi connectivity index (χ3v) is 4.83. The van der Waals surface area contributed by atoms with E-state index in [0.29, 0.717) is 5.92 Å². The van der Waals surface area contributed by atoms with Gasteiger partial charge in [-0.1, -0.05) is 30.3 Å². The maximum Gasteiger partial charge on any atom is 0.226 e. The van der Waals surface area contributed by atoms with E-state index in [4.69, 9.17) is 5.73 Å². The van der Waals surface area contributed by atoms with Crippen LogP contribution in [0.5, 0.6) is 0 Å². The minimum Gasteiger partial charge on any atom is -0.369 e. The van der Waals surface area contributed by atoms with E-state index in [-0.39, 0.29) is 20.2 Å². The van der Waals surface area contributed by atoms with Gasteiger partial charge in [0.1, 0.15) is 0 Å². The average molecular weight is 256 g/mol. The molecule has 4 heteroatoms. The maximum absolute atomic E-state index is 11.4. The monoisotopic (exact) mass is 256 g/mol. The van der Waals surface area contributed by atoms with Crippen LogP contribution in [0, 0.1) is 11.8 Å². The second kappa shape index (κ2) is 5.37. The molecule has 0 aliphatic carbocycles. The molecule has 2 aliphatic heterocycles. The molecule has 1 aromatic carbocycles. The highest BCUT2D eigenvalue weighted by atomic mass is 16.1. The quantitative estimate of drug-likeness (QED) is 0.628. The number of hydrogen-bond donors (Lipinski definition) is 1. The van der Waals surface area contributed by atoms with E-state index in [1.54, 1.807) is 0 Å². The smallest absolute Gasteiger partial charge is 0.226 e. The number of primary amides is 1. The molecular formula is C15H21BN2O+. The van der Waals surface area contributed by atoms with E-state index in [2.05, 4.69) is 30.3 Å². The largest absolute Gasteiger partial charge is 0.369 e. The molecule has 2 saturated heterocycles. The molecule has 0 saturated carbocycles. The zero-order valence-electron chi connectivity index (χ0n) is 11.3. The summed E-state index contributed by atoms with van der Waals surface area (Å²) in [4.78, 5) is 11.4. The van der Waals surface area contributed by atoms with Crippen LogP contribution >= 0.6 is 0 Å². The molecule has 3 rings (SSSR count). The Morgan fingerprint density at radius 1 is 1.26 bits per heavy atom. The highest BCUT2D eigenvalue weighted by Crippen LogP contribution is 2.39. The van der Waals surface area contributed by atoms with E-state index in [9.17, 15) is 4.79 Å². The number of amides is 1. The topological polar surface area (TPSA) is 43.1 Å². The van der Waals surface area contributed by atoms with E-state index in [1.165, 1.54) is 25.1 Å². The van der Waals surface area contributed by atoms with Crippen molar-refractivity contribution in [3.63, 3.8) is 0 Å². The van der Waals surface area contributed by atoms with E-state index in [1.807, 2.05) is 0 Å². The summed E-state index contributed by atoms with van der Waals surface area (Å²) < 4.78 is 1.12. The third-order valence-electron chi connectivity index (χ3n) is 4.83. The number of carbonyl (C=O) groups excluding carboxylic acids is 1. The van der Waals surface area contributed by atoms with Crippen LogP contribution in [0.25, 0.3) is 0 Å². The van der Waals surface area contributed by atoms with Gasteiger partial charge in [0.15, 0.2) is 0 Å². The van der Waals surface area contributed by atoms with Crippen LogP contribution in [0.1, 0.15) is 12.0 Å². The van der Waals surface area contributed by atoms with E-state index >= 15 is 0 Å². The second-order valence-electron chi connectivity index (χ2n) is 5.95. The number of fused-ring (bicyclic) bond motifs is 2. The number of carbonyl (C=O) groups is 1. The molecule has 1 amide bonds. The molecule has 2 aliphatic rings. The summed E-state index contributed by atoms with van der Waals surface area (Å²) in [5.41, 5.74) is 6.90. The number of quaternary nitrogens is 1. The highest BCUT2D eigenvalue weighted by Gasteiger charge is 2.52. The predicted octanol–water partition coefficient (Wildman–Crippen LogP) is 0.800. The molecule has 3 atom stereocenters. The van der Waals surface area contributed by atoms with Crippen molar-refractivity contribution in [2.75, 3.05) is 26.2 Å². The van der Waals surface area contributed by atoms with Crippen LogP contribution in [-0.4, -0.2) is 45.0 Å². The van der Waals surface area contributed by atoms with Crippen LogP contribution in [0.2, 0.25) is 0 Å². The average Bonchev–Trinajstić information content (AvgIpc) is 2.96. The van der Waals surface area contributed by atoms with Crippen molar-refractivity contribution in [1.29, 1.82) is 0 Å². The van der Waals surface area contributed by atoms with Crippen LogP contribution in [-0.2, 0) is 11.2 Å². The van der Waals surface area contributed by atoms with Crippen molar-refractivity contribution in [1.82, 2.24) is 0 Å². The lowest BCUT2D eigenvalue weighted by Crippen LogP contribution is -2.48. The molecule has 2 heterocycles. The lowest BCUT2D eigenvalue weighted by atomic mass is 9.92. The normalized spacial score (nSPS) is 32.0. The van der Waals surface area contributed by atoms with Crippen LogP contribution in [0.4, 0.5) is 0 Å². The Morgan fingerprint density at radius 3 is 2.63 bits per heavy atom. The number of hydrogen-bond acceptors (Lipinski definition) is 1. The first-order valence-electron chi connectivity index (χ1n) is 6.87. The molecule has 2 fully saturated rings. The first-order valence-corrected chi connectivity index (χ1v) is 6.87. The zero-order chi connectivity index (χ0) is 12.6. The van der Waals surface area contributed by atoms with Crippen molar-refractivity contribution in [3.05, 3.63) is 35.9 Å². The lowest BCUT2D eigenvalue weighted by molar-refractivity contribution is -0.910. The van der Waals surface area contributed by atoms with Crippen molar-refractivity contribution in [2.24, 2.45) is 17.6 Å². The van der Waals surface area contributed by atoms with Gasteiger partial charge in [0.05, 0.1) is 32.1 Å². The molecule has 2 bridgehead atoms. The number of nitrogens with zero attached hydrogens (tertiary/aromatic N) is 1. The number of piperidine rings is 1. The summed E-state index contributed by atoms with van der Waals surface area (Å²) in [5.74, 6) is 0.604. The van der Waals surface area contributed by atoms with Gasteiger partial charge in [0, 0.05) is 27.2 Å². The summed E-state index contributed by atoms with van der Waals surface area (Å²) in [6.07, 6.45) is 2.29. The summed E-state index contributed by atoms with van der Waals surface area (Å²) >= 11 is 0. The Labute approximate surface area is 116 Å². The lowest BCUT2D eigenvalue weighted by Gasteiger charge is -2.33. The molecule has 99 valence electrons. The Hall–Kier alpha value is -1.29. The molecule has 2 N–H and O–H groups in total. The fourth-order valence-corrected chi connectivity index (χ4v) is 3.81. The first kappa shape index (κ1) is 14.1. The SMILES string of the molecule is NC(=O)C1C[N@@+]2(CCc3ccccc3)CCC1C2.[B]. The van der Waals surface area contributed by atoms with Crippen molar-refractivity contribution in [2.45, 2.75) is 12.8 Å². The van der Waals surface area contributed by atoms with Crippen molar-refractivity contribution >= 4 is 14.3 Å². The molecule has 0 spiro atoms. The van der Waals surface area contributed by atoms with Gasteiger partial charge in [-0.2, -0.15) is 0 Å². The zero-order valence-corrected chi connectivity index (χ0v) is 11.3. The number of rotatable bonds is 4. The molecule has 19 heavy (non-hydrogen) atoms. The van der Waals surface area contributed by atoms with Gasteiger partial charge in [0.25, 0.3) is 0 Å². The number of benzene rings is 1. The Balaban J connectivity index is 0.00000133. The summed E-state index contributed by atoms with van der Waals surface area (Å²) in [6, 6.07) is 10.6. The second-order valence-corrected chi connectivity index (χ2v) is 5.95. The van der Waals surface area contributed by atoms with Gasteiger partial charge in [-0.25, -0.2) is 0 Å². The molecule has 1 aromatic rings. The van der Waals surface area contributed by atoms with Gasteiger partial charge in [0.2, 0.25) is 5.91 Å². The first-order chi connectivity index (χ1) is 8.69. The fourth-order valence-electron chi connectivity index (χ4n) is 3.81. The van der Waals surface area contributed by atoms with Crippen molar-refractivity contribution in [3.8, 4) is 0 Å². The Bertz CT molecular complexity index is 451. The van der Waals surface area contributed by atoms with Gasteiger partial charge >= 0.3 is 0 Å². The third kappa shape index (κ3) is 2.68. The van der Waals surface area contributed by atoms with Crippen molar-refractivity contribution < 1.29 is 9.28 Å². The molecule has 3 nitrogen and oxygen atoms in total. The Kier molecular flexibility index (Phi) is 4.00. The summed E-state index contributed by atoms with van der Waals surface area (Å²) in [7, 11) is 0. The number of nitrogens with two attached hydrogens (primary N) is 1. The molecule has 3 radical (unpaired) electrons. The van der Waals surface area contributed by atoms with Crippen LogP contribution < -0.4 is 5.73 Å². The van der Waals surface area contributed by atoms with Gasteiger partial charge in [-0.05, 0) is 5.56 Å². The predicted molar refractivity (Wildman–Crippen MR) is 76.4 cm³/mol. The van der Waals surface area contributed by atoms with Gasteiger partial charge in [-0.3, -0.25) is 4.79 Å².